The predicted octanol–water partition coefficient (Wildman–Crippen LogP) is 3.20. The van der Waals surface area contributed by atoms with Gasteiger partial charge >= 0.3 is 0 Å². The Morgan fingerprint density at radius 1 is 1.42 bits per heavy atom. The SMILES string of the molecule is C=C1c2cc(C)ccc2CC1C. The second kappa shape index (κ2) is 2.48. The summed E-state index contributed by atoms with van der Waals surface area (Å²) in [6, 6.07) is 6.67. The van der Waals surface area contributed by atoms with Crippen molar-refractivity contribution in [1.82, 2.24) is 0 Å². The summed E-state index contributed by atoms with van der Waals surface area (Å²) in [5.74, 6) is 0.641. The summed E-state index contributed by atoms with van der Waals surface area (Å²) in [6.45, 7) is 8.50. The van der Waals surface area contributed by atoms with E-state index in [-0.39, 0.29) is 0 Å². The van der Waals surface area contributed by atoms with Crippen LogP contribution in [-0.2, 0) is 6.42 Å². The van der Waals surface area contributed by atoms with Crippen LogP contribution in [0.4, 0.5) is 0 Å². The van der Waals surface area contributed by atoms with Crippen LogP contribution in [-0.4, -0.2) is 0 Å². The minimum atomic E-state index is 0.641. The van der Waals surface area contributed by atoms with Crippen LogP contribution in [0.15, 0.2) is 24.8 Å². The lowest BCUT2D eigenvalue weighted by Gasteiger charge is -2.02. The number of rotatable bonds is 0. The minimum absolute atomic E-state index is 0.641. The van der Waals surface area contributed by atoms with E-state index in [4.69, 9.17) is 0 Å². The van der Waals surface area contributed by atoms with Crippen molar-refractivity contribution in [3.05, 3.63) is 41.5 Å². The number of hydrogen-bond donors (Lipinski definition) is 0. The molecule has 0 aliphatic heterocycles. The first kappa shape index (κ1) is 7.60. The molecule has 0 heterocycles. The molecule has 12 heavy (non-hydrogen) atoms. The Morgan fingerprint density at radius 2 is 2.17 bits per heavy atom. The molecule has 0 radical (unpaired) electrons. The van der Waals surface area contributed by atoms with E-state index in [9.17, 15) is 0 Å². The molecular formula is C12H14. The lowest BCUT2D eigenvalue weighted by atomic mass is 10.0. The summed E-state index contributed by atoms with van der Waals surface area (Å²) in [5.41, 5.74) is 5.51. The molecule has 0 saturated carbocycles. The quantitative estimate of drug-likeness (QED) is 0.544. The summed E-state index contributed by atoms with van der Waals surface area (Å²) in [5, 5.41) is 0. The maximum atomic E-state index is 4.12. The Balaban J connectivity index is 2.56. The van der Waals surface area contributed by atoms with E-state index in [2.05, 4.69) is 38.6 Å². The molecule has 1 aromatic carbocycles. The van der Waals surface area contributed by atoms with E-state index in [1.54, 1.807) is 0 Å². The van der Waals surface area contributed by atoms with Gasteiger partial charge in [0.2, 0.25) is 0 Å². The van der Waals surface area contributed by atoms with E-state index in [1.807, 2.05) is 0 Å². The number of allylic oxidation sites excluding steroid dienone is 1. The van der Waals surface area contributed by atoms with Crippen LogP contribution in [0.1, 0.15) is 23.6 Å². The van der Waals surface area contributed by atoms with Crippen molar-refractivity contribution in [1.29, 1.82) is 0 Å². The van der Waals surface area contributed by atoms with Crippen LogP contribution in [0, 0.1) is 12.8 Å². The monoisotopic (exact) mass is 158 g/mol. The van der Waals surface area contributed by atoms with Gasteiger partial charge in [-0.3, -0.25) is 0 Å². The van der Waals surface area contributed by atoms with Gasteiger partial charge in [0, 0.05) is 0 Å². The Bertz CT molecular complexity index is 334. The van der Waals surface area contributed by atoms with Gasteiger partial charge < -0.3 is 0 Å². The zero-order chi connectivity index (χ0) is 8.72. The van der Waals surface area contributed by atoms with Crippen LogP contribution in [0.5, 0.6) is 0 Å². The van der Waals surface area contributed by atoms with E-state index in [1.165, 1.54) is 28.7 Å². The summed E-state index contributed by atoms with van der Waals surface area (Å²) < 4.78 is 0. The average Bonchev–Trinajstić information content (AvgIpc) is 2.31. The first-order chi connectivity index (χ1) is 5.68. The highest BCUT2D eigenvalue weighted by atomic mass is 14.2. The molecule has 1 atom stereocenters. The molecular weight excluding hydrogens is 144 g/mol. The van der Waals surface area contributed by atoms with Crippen molar-refractivity contribution in [2.24, 2.45) is 5.92 Å². The van der Waals surface area contributed by atoms with Crippen LogP contribution < -0.4 is 0 Å². The first-order valence-electron chi connectivity index (χ1n) is 4.47. The van der Waals surface area contributed by atoms with Crippen molar-refractivity contribution >= 4 is 5.57 Å². The van der Waals surface area contributed by atoms with Crippen LogP contribution in [0.3, 0.4) is 0 Å². The fourth-order valence-corrected chi connectivity index (χ4v) is 1.89. The fraction of sp³-hybridized carbons (Fsp3) is 0.333. The van der Waals surface area contributed by atoms with Gasteiger partial charge in [0.1, 0.15) is 0 Å². The van der Waals surface area contributed by atoms with Gasteiger partial charge in [0.25, 0.3) is 0 Å². The van der Waals surface area contributed by atoms with Crippen molar-refractivity contribution in [2.75, 3.05) is 0 Å². The number of fused-ring (bicyclic) bond motifs is 1. The van der Waals surface area contributed by atoms with Gasteiger partial charge in [-0.15, -0.1) is 0 Å². The molecule has 0 spiro atoms. The molecule has 0 bridgehead atoms. The lowest BCUT2D eigenvalue weighted by Crippen LogP contribution is -1.87. The van der Waals surface area contributed by atoms with E-state index < -0.39 is 0 Å². The summed E-state index contributed by atoms with van der Waals surface area (Å²) in [7, 11) is 0. The van der Waals surface area contributed by atoms with Crippen molar-refractivity contribution < 1.29 is 0 Å². The molecule has 0 amide bonds. The van der Waals surface area contributed by atoms with E-state index in [0.29, 0.717) is 5.92 Å². The van der Waals surface area contributed by atoms with Gasteiger partial charge in [-0.2, -0.15) is 0 Å². The topological polar surface area (TPSA) is 0 Å². The van der Waals surface area contributed by atoms with Crippen LogP contribution in [0.25, 0.3) is 5.57 Å². The maximum Gasteiger partial charge on any atom is -0.0150 e. The molecule has 0 heteroatoms. The van der Waals surface area contributed by atoms with Crippen LogP contribution in [0.2, 0.25) is 0 Å². The van der Waals surface area contributed by atoms with Gasteiger partial charge in [0.05, 0.1) is 0 Å². The minimum Gasteiger partial charge on any atom is -0.0949 e. The highest BCUT2D eigenvalue weighted by Crippen LogP contribution is 2.35. The third kappa shape index (κ3) is 0.989. The molecule has 0 nitrogen and oxygen atoms in total. The molecule has 0 fully saturated rings. The zero-order valence-electron chi connectivity index (χ0n) is 7.72. The first-order valence-corrected chi connectivity index (χ1v) is 4.47. The molecule has 0 aromatic heterocycles. The Morgan fingerprint density at radius 3 is 2.92 bits per heavy atom. The third-order valence-corrected chi connectivity index (χ3v) is 2.73. The highest BCUT2D eigenvalue weighted by Gasteiger charge is 2.20. The predicted molar refractivity (Wildman–Crippen MR) is 53.1 cm³/mol. The van der Waals surface area contributed by atoms with Gasteiger partial charge in [-0.25, -0.2) is 0 Å². The third-order valence-electron chi connectivity index (χ3n) is 2.73. The van der Waals surface area contributed by atoms with Crippen molar-refractivity contribution in [3.63, 3.8) is 0 Å². The van der Waals surface area contributed by atoms with Crippen LogP contribution >= 0.6 is 0 Å². The van der Waals surface area contributed by atoms with Gasteiger partial charge in [0.15, 0.2) is 0 Å². The molecule has 62 valence electrons. The molecule has 1 aromatic rings. The molecule has 0 saturated heterocycles. The van der Waals surface area contributed by atoms with E-state index in [0.717, 1.165) is 0 Å². The zero-order valence-corrected chi connectivity index (χ0v) is 7.72. The van der Waals surface area contributed by atoms with Crippen molar-refractivity contribution in [3.8, 4) is 0 Å². The summed E-state index contributed by atoms with van der Waals surface area (Å²) in [6.07, 6.45) is 1.18. The average molecular weight is 158 g/mol. The molecule has 2 rings (SSSR count). The smallest absolute Gasteiger partial charge is 0.0150 e. The van der Waals surface area contributed by atoms with Gasteiger partial charge in [-0.05, 0) is 36.0 Å². The van der Waals surface area contributed by atoms with Gasteiger partial charge in [-0.1, -0.05) is 37.3 Å². The normalized spacial score (nSPS) is 21.2. The summed E-state index contributed by atoms with van der Waals surface area (Å²) >= 11 is 0. The number of benzene rings is 1. The van der Waals surface area contributed by atoms with E-state index >= 15 is 0 Å². The number of aryl methyl sites for hydroxylation is 1. The maximum absolute atomic E-state index is 4.12. The molecule has 1 unspecified atom stereocenters. The fourth-order valence-electron chi connectivity index (χ4n) is 1.89. The summed E-state index contributed by atoms with van der Waals surface area (Å²) in [4.78, 5) is 0. The second-order valence-corrected chi connectivity index (χ2v) is 3.79. The molecule has 1 aliphatic rings. The largest absolute Gasteiger partial charge is 0.0949 e. The highest BCUT2D eigenvalue weighted by molar-refractivity contribution is 5.72. The molecule has 1 aliphatic carbocycles. The Kier molecular flexibility index (Phi) is 1.57. The standard InChI is InChI=1S/C12H14/c1-8-4-5-11-7-9(2)10(3)12(11)6-8/h4-6,9H,3,7H2,1-2H3. The number of hydrogen-bond acceptors (Lipinski definition) is 0. The second-order valence-electron chi connectivity index (χ2n) is 3.79. The lowest BCUT2D eigenvalue weighted by molar-refractivity contribution is 0.782. The van der Waals surface area contributed by atoms with Crippen molar-refractivity contribution in [2.45, 2.75) is 20.3 Å². The Hall–Kier alpha value is -1.04. The Labute approximate surface area is 73.9 Å². The molecule has 0 N–H and O–H groups in total.